The molecule has 0 aliphatic rings. The van der Waals surface area contributed by atoms with Gasteiger partial charge in [-0.25, -0.2) is 0 Å². The van der Waals surface area contributed by atoms with Crippen LogP contribution in [0.1, 0.15) is 96.6 Å². The maximum absolute atomic E-state index is 4.43. The highest BCUT2D eigenvalue weighted by Gasteiger charge is 2.04. The Kier molecular flexibility index (Phi) is 15.0. The summed E-state index contributed by atoms with van der Waals surface area (Å²) >= 11 is 0. The predicted molar refractivity (Wildman–Crippen MR) is 117 cm³/mol. The smallest absolute Gasteiger partial charge is 0.0630 e. The monoisotopic (exact) mass is 361 g/mol. The standard InChI is InChI=1S/C23H40NP/c1-3-5-7-9-11-15-20-25(21-16-12-10-8-6-4-2)22-18-23-17-13-14-19-24-23/h13-14,17-19,22H,3-12,15-16,20-21H2,1-2H3. The fraction of sp³-hybridized carbons (Fsp3) is 0.696. The highest BCUT2D eigenvalue weighted by atomic mass is 31.1. The van der Waals surface area contributed by atoms with E-state index in [4.69, 9.17) is 0 Å². The lowest BCUT2D eigenvalue weighted by atomic mass is 10.1. The van der Waals surface area contributed by atoms with Crippen molar-refractivity contribution in [1.29, 1.82) is 0 Å². The van der Waals surface area contributed by atoms with Crippen molar-refractivity contribution in [2.75, 3.05) is 12.3 Å². The molecule has 25 heavy (non-hydrogen) atoms. The van der Waals surface area contributed by atoms with Crippen LogP contribution in [0, 0.1) is 0 Å². The van der Waals surface area contributed by atoms with Crippen LogP contribution in [0.3, 0.4) is 0 Å². The van der Waals surface area contributed by atoms with Crippen molar-refractivity contribution >= 4 is 14.0 Å². The fourth-order valence-corrected chi connectivity index (χ4v) is 5.25. The molecule has 0 aromatic carbocycles. The molecule has 0 amide bonds. The molecule has 1 nitrogen and oxygen atoms in total. The van der Waals surface area contributed by atoms with Gasteiger partial charge in [0.15, 0.2) is 0 Å². The van der Waals surface area contributed by atoms with Crippen LogP contribution in [0.15, 0.2) is 30.2 Å². The van der Waals surface area contributed by atoms with Gasteiger partial charge >= 0.3 is 0 Å². The molecule has 0 N–H and O–H groups in total. The van der Waals surface area contributed by atoms with E-state index in [0.717, 1.165) is 5.69 Å². The number of aromatic nitrogens is 1. The topological polar surface area (TPSA) is 12.9 Å². The zero-order valence-corrected chi connectivity index (χ0v) is 17.7. The molecular weight excluding hydrogens is 321 g/mol. The Hall–Kier alpha value is -0.680. The van der Waals surface area contributed by atoms with Gasteiger partial charge < -0.3 is 0 Å². The largest absolute Gasteiger partial charge is 0.257 e. The average molecular weight is 362 g/mol. The van der Waals surface area contributed by atoms with Gasteiger partial charge in [0.1, 0.15) is 0 Å². The molecule has 0 radical (unpaired) electrons. The summed E-state index contributed by atoms with van der Waals surface area (Å²) in [6.45, 7) is 4.59. The number of hydrogen-bond acceptors (Lipinski definition) is 1. The third-order valence-electron chi connectivity index (χ3n) is 4.74. The second-order valence-corrected chi connectivity index (χ2v) is 9.51. The molecule has 0 saturated heterocycles. The second-order valence-electron chi connectivity index (χ2n) is 7.14. The van der Waals surface area contributed by atoms with Gasteiger partial charge in [0.2, 0.25) is 0 Å². The lowest BCUT2D eigenvalue weighted by Gasteiger charge is -2.13. The van der Waals surface area contributed by atoms with Gasteiger partial charge in [-0.3, -0.25) is 4.98 Å². The molecule has 0 bridgehead atoms. The molecule has 1 aromatic heterocycles. The Balaban J connectivity index is 2.31. The van der Waals surface area contributed by atoms with Crippen LogP contribution in [0.5, 0.6) is 0 Å². The summed E-state index contributed by atoms with van der Waals surface area (Å²) in [5.74, 6) is 2.50. The van der Waals surface area contributed by atoms with Crippen molar-refractivity contribution in [2.45, 2.75) is 90.9 Å². The van der Waals surface area contributed by atoms with Gasteiger partial charge in [-0.1, -0.05) is 97.9 Å². The molecule has 1 rings (SSSR count). The van der Waals surface area contributed by atoms with Crippen molar-refractivity contribution in [2.24, 2.45) is 0 Å². The van der Waals surface area contributed by atoms with E-state index in [-0.39, 0.29) is 7.92 Å². The minimum Gasteiger partial charge on any atom is -0.257 e. The first-order valence-corrected chi connectivity index (χ1v) is 12.5. The van der Waals surface area contributed by atoms with Crippen LogP contribution in [0.2, 0.25) is 0 Å². The normalized spacial score (nSPS) is 11.6. The molecule has 2 heteroatoms. The zero-order valence-electron chi connectivity index (χ0n) is 16.8. The van der Waals surface area contributed by atoms with Crippen molar-refractivity contribution in [3.8, 4) is 0 Å². The van der Waals surface area contributed by atoms with E-state index in [1.807, 2.05) is 12.3 Å². The van der Waals surface area contributed by atoms with Crippen molar-refractivity contribution in [3.63, 3.8) is 0 Å². The van der Waals surface area contributed by atoms with Crippen LogP contribution in [0.25, 0.3) is 6.08 Å². The molecule has 0 aliphatic carbocycles. The van der Waals surface area contributed by atoms with Gasteiger partial charge in [0, 0.05) is 6.20 Å². The Morgan fingerprint density at radius 2 is 1.32 bits per heavy atom. The Bertz CT molecular complexity index is 399. The van der Waals surface area contributed by atoms with Gasteiger partial charge in [0.25, 0.3) is 0 Å². The predicted octanol–water partition coefficient (Wildman–Crippen LogP) is 8.26. The number of unbranched alkanes of at least 4 members (excludes halogenated alkanes) is 10. The summed E-state index contributed by atoms with van der Waals surface area (Å²) in [5, 5.41) is 0. The molecular formula is C23H40NP. The summed E-state index contributed by atoms with van der Waals surface area (Å²) in [4.78, 5) is 4.43. The van der Waals surface area contributed by atoms with Crippen LogP contribution < -0.4 is 0 Å². The lowest BCUT2D eigenvalue weighted by molar-refractivity contribution is 0.622. The summed E-state index contributed by atoms with van der Waals surface area (Å²) in [7, 11) is 0.0461. The zero-order chi connectivity index (χ0) is 18.0. The van der Waals surface area contributed by atoms with E-state index in [1.165, 1.54) is 89.4 Å². The minimum atomic E-state index is 0.0461. The maximum Gasteiger partial charge on any atom is 0.0630 e. The number of hydrogen-bond donors (Lipinski definition) is 0. The summed E-state index contributed by atoms with van der Waals surface area (Å²) in [6.07, 6.45) is 23.9. The molecule has 0 aliphatic heterocycles. The SMILES string of the molecule is CCCCCCCCP(C=Cc1ccccn1)CCCCCCCC. The third kappa shape index (κ3) is 13.2. The Morgan fingerprint density at radius 1 is 0.760 bits per heavy atom. The third-order valence-corrected chi connectivity index (χ3v) is 7.09. The molecule has 0 unspecified atom stereocenters. The first-order valence-electron chi connectivity index (χ1n) is 10.7. The second kappa shape index (κ2) is 16.8. The molecule has 142 valence electrons. The number of pyridine rings is 1. The molecule has 0 saturated carbocycles. The molecule has 0 atom stereocenters. The van der Waals surface area contributed by atoms with E-state index in [9.17, 15) is 0 Å². The van der Waals surface area contributed by atoms with E-state index in [0.29, 0.717) is 0 Å². The first kappa shape index (κ1) is 22.4. The van der Waals surface area contributed by atoms with Gasteiger partial charge in [0.05, 0.1) is 5.69 Å². The quantitative estimate of drug-likeness (QED) is 0.213. The van der Waals surface area contributed by atoms with Crippen molar-refractivity contribution < 1.29 is 0 Å². The van der Waals surface area contributed by atoms with Gasteiger partial charge in [-0.2, -0.15) is 0 Å². The van der Waals surface area contributed by atoms with Crippen LogP contribution in [0.4, 0.5) is 0 Å². The Labute approximate surface area is 158 Å². The minimum absolute atomic E-state index is 0.0461. The molecule has 1 heterocycles. The van der Waals surface area contributed by atoms with E-state index in [2.05, 4.69) is 42.9 Å². The molecule has 1 aromatic rings. The number of nitrogens with zero attached hydrogens (tertiary/aromatic N) is 1. The van der Waals surface area contributed by atoms with Crippen molar-refractivity contribution in [3.05, 3.63) is 35.9 Å². The van der Waals surface area contributed by atoms with E-state index in [1.54, 1.807) is 0 Å². The first-order chi connectivity index (χ1) is 12.4. The highest BCUT2D eigenvalue weighted by Crippen LogP contribution is 2.40. The molecule has 0 spiro atoms. The Morgan fingerprint density at radius 3 is 1.84 bits per heavy atom. The fourth-order valence-electron chi connectivity index (χ4n) is 3.11. The lowest BCUT2D eigenvalue weighted by Crippen LogP contribution is -1.91. The van der Waals surface area contributed by atoms with E-state index < -0.39 is 0 Å². The summed E-state index contributed by atoms with van der Waals surface area (Å²) in [6, 6.07) is 6.18. The molecule has 0 fully saturated rings. The van der Waals surface area contributed by atoms with Gasteiger partial charge in [-0.05, 0) is 43.4 Å². The maximum atomic E-state index is 4.43. The van der Waals surface area contributed by atoms with Gasteiger partial charge in [-0.15, -0.1) is 0 Å². The number of rotatable bonds is 16. The van der Waals surface area contributed by atoms with Crippen LogP contribution in [-0.4, -0.2) is 17.3 Å². The van der Waals surface area contributed by atoms with Crippen molar-refractivity contribution in [1.82, 2.24) is 4.98 Å². The van der Waals surface area contributed by atoms with Crippen LogP contribution in [-0.2, 0) is 0 Å². The average Bonchev–Trinajstić information content (AvgIpc) is 2.65. The summed E-state index contributed by atoms with van der Waals surface area (Å²) in [5.41, 5.74) is 1.11. The summed E-state index contributed by atoms with van der Waals surface area (Å²) < 4.78 is 0. The highest BCUT2D eigenvalue weighted by molar-refractivity contribution is 7.61. The van der Waals surface area contributed by atoms with Crippen LogP contribution >= 0.6 is 7.92 Å². The van der Waals surface area contributed by atoms with E-state index >= 15 is 0 Å².